The van der Waals surface area contributed by atoms with E-state index in [-0.39, 0.29) is 18.2 Å². The lowest BCUT2D eigenvalue weighted by Gasteiger charge is -2.09. The first-order valence-electron chi connectivity index (χ1n) is 8.88. The number of aryl methyl sites for hydroxylation is 2. The molecule has 0 aliphatic rings. The van der Waals surface area contributed by atoms with Crippen LogP contribution in [0.15, 0.2) is 65.9 Å². The minimum Gasteiger partial charge on any atom is -0.483 e. The van der Waals surface area contributed by atoms with E-state index in [4.69, 9.17) is 4.74 Å². The van der Waals surface area contributed by atoms with Crippen molar-refractivity contribution < 1.29 is 14.5 Å². The summed E-state index contributed by atoms with van der Waals surface area (Å²) < 4.78 is 7.34. The molecule has 2 aromatic carbocycles. The van der Waals surface area contributed by atoms with Crippen molar-refractivity contribution in [3.63, 3.8) is 0 Å². The van der Waals surface area contributed by atoms with Gasteiger partial charge in [-0.15, -0.1) is 0 Å². The summed E-state index contributed by atoms with van der Waals surface area (Å²) in [6.45, 7) is 3.72. The largest absolute Gasteiger partial charge is 0.483 e. The molecule has 1 heterocycles. The number of aromatic nitrogens is 1. The van der Waals surface area contributed by atoms with Gasteiger partial charge in [-0.05, 0) is 55.3 Å². The van der Waals surface area contributed by atoms with Crippen molar-refractivity contribution >= 4 is 17.8 Å². The Kier molecular flexibility index (Phi) is 6.03. The van der Waals surface area contributed by atoms with E-state index in [1.54, 1.807) is 22.9 Å². The molecule has 1 N–H and O–H groups in total. The number of non-ortho nitro benzene ring substituents is 1. The van der Waals surface area contributed by atoms with Crippen LogP contribution in [0.2, 0.25) is 0 Å². The fourth-order valence-corrected chi connectivity index (χ4v) is 2.68. The number of ether oxygens (including phenoxy) is 1. The van der Waals surface area contributed by atoms with Crippen molar-refractivity contribution in [2.75, 3.05) is 6.61 Å². The lowest BCUT2D eigenvalue weighted by molar-refractivity contribution is -0.384. The van der Waals surface area contributed by atoms with Gasteiger partial charge < -0.3 is 9.30 Å². The maximum atomic E-state index is 12.0. The second-order valence-electron chi connectivity index (χ2n) is 6.43. The maximum Gasteiger partial charge on any atom is 0.277 e. The molecule has 0 aliphatic heterocycles. The zero-order valence-corrected chi connectivity index (χ0v) is 16.0. The molecule has 0 radical (unpaired) electrons. The average Bonchev–Trinajstić information content (AvgIpc) is 3.17. The summed E-state index contributed by atoms with van der Waals surface area (Å²) in [7, 11) is 0. The molecule has 29 heavy (non-hydrogen) atoms. The zero-order chi connectivity index (χ0) is 20.8. The predicted molar refractivity (Wildman–Crippen MR) is 110 cm³/mol. The minimum atomic E-state index is -0.447. The fourth-order valence-electron chi connectivity index (χ4n) is 2.68. The van der Waals surface area contributed by atoms with Gasteiger partial charge in [0.1, 0.15) is 5.75 Å². The number of hydrazone groups is 1. The van der Waals surface area contributed by atoms with Crippen LogP contribution < -0.4 is 10.2 Å². The van der Waals surface area contributed by atoms with Crippen LogP contribution in [0.5, 0.6) is 5.75 Å². The smallest absolute Gasteiger partial charge is 0.277 e. The van der Waals surface area contributed by atoms with Crippen molar-refractivity contribution in [2.24, 2.45) is 5.10 Å². The predicted octanol–water partition coefficient (Wildman–Crippen LogP) is 3.53. The van der Waals surface area contributed by atoms with Crippen molar-refractivity contribution in [3.8, 4) is 11.4 Å². The van der Waals surface area contributed by atoms with Crippen LogP contribution in [0, 0.1) is 24.0 Å². The van der Waals surface area contributed by atoms with E-state index < -0.39 is 4.92 Å². The first kappa shape index (κ1) is 19.8. The molecular formula is C21H20N4O4. The Labute approximate surface area is 167 Å². The van der Waals surface area contributed by atoms with Crippen molar-refractivity contribution in [3.05, 3.63) is 87.7 Å². The van der Waals surface area contributed by atoms with Crippen molar-refractivity contribution in [1.29, 1.82) is 0 Å². The molecule has 0 saturated heterocycles. The fraction of sp³-hybridized carbons (Fsp3) is 0.143. The van der Waals surface area contributed by atoms with E-state index in [0.717, 1.165) is 16.8 Å². The summed E-state index contributed by atoms with van der Waals surface area (Å²) in [6.07, 6.45) is 3.30. The van der Waals surface area contributed by atoms with E-state index in [0.29, 0.717) is 11.4 Å². The summed E-state index contributed by atoms with van der Waals surface area (Å²) in [5, 5.41) is 14.7. The summed E-state index contributed by atoms with van der Waals surface area (Å²) in [6, 6.07) is 15.6. The number of nitrogens with one attached hydrogen (secondary N) is 1. The number of nitro groups is 1. The number of nitrogens with zero attached hydrogens (tertiary/aromatic N) is 3. The lowest BCUT2D eigenvalue weighted by atomic mass is 10.1. The Balaban J connectivity index is 1.59. The molecule has 0 bridgehead atoms. The quantitative estimate of drug-likeness (QED) is 0.378. The summed E-state index contributed by atoms with van der Waals surface area (Å²) >= 11 is 0. The SMILES string of the molecule is Cc1ccc(C)c(OCC(=O)NN=Cc2cccn2-c2ccc([N+](=O)[O-])cc2)c1. The summed E-state index contributed by atoms with van der Waals surface area (Å²) in [5.74, 6) is 0.284. The average molecular weight is 392 g/mol. The van der Waals surface area contributed by atoms with Gasteiger partial charge in [0.25, 0.3) is 11.6 Å². The van der Waals surface area contributed by atoms with Gasteiger partial charge in [0.05, 0.1) is 16.8 Å². The molecule has 3 rings (SSSR count). The molecule has 8 nitrogen and oxygen atoms in total. The number of hydrogen-bond acceptors (Lipinski definition) is 5. The molecule has 8 heteroatoms. The van der Waals surface area contributed by atoms with Gasteiger partial charge >= 0.3 is 0 Å². The Morgan fingerprint density at radius 2 is 1.97 bits per heavy atom. The van der Waals surface area contributed by atoms with E-state index in [1.807, 2.05) is 44.2 Å². The van der Waals surface area contributed by atoms with Gasteiger partial charge in [-0.25, -0.2) is 5.43 Å². The molecular weight excluding hydrogens is 372 g/mol. The minimum absolute atomic E-state index is 0.0206. The van der Waals surface area contributed by atoms with Crippen LogP contribution in [-0.2, 0) is 4.79 Å². The van der Waals surface area contributed by atoms with Gasteiger partial charge in [0, 0.05) is 24.0 Å². The van der Waals surface area contributed by atoms with Crippen LogP contribution in [0.1, 0.15) is 16.8 Å². The normalized spacial score (nSPS) is 10.8. The van der Waals surface area contributed by atoms with Crippen LogP contribution in [-0.4, -0.2) is 28.2 Å². The Hall–Kier alpha value is -3.94. The molecule has 0 atom stereocenters. The molecule has 0 unspecified atom stereocenters. The Morgan fingerprint density at radius 3 is 2.69 bits per heavy atom. The van der Waals surface area contributed by atoms with E-state index >= 15 is 0 Å². The van der Waals surface area contributed by atoms with Gasteiger partial charge in [0.2, 0.25) is 0 Å². The number of carbonyl (C=O) groups excluding carboxylic acids is 1. The molecule has 0 fully saturated rings. The molecule has 3 aromatic rings. The maximum absolute atomic E-state index is 12.0. The number of carbonyl (C=O) groups is 1. The van der Waals surface area contributed by atoms with Gasteiger partial charge in [-0.3, -0.25) is 14.9 Å². The lowest BCUT2D eigenvalue weighted by Crippen LogP contribution is -2.24. The molecule has 1 aromatic heterocycles. The van der Waals surface area contributed by atoms with Gasteiger partial charge in [-0.1, -0.05) is 12.1 Å². The summed E-state index contributed by atoms with van der Waals surface area (Å²) in [5.41, 5.74) is 5.90. The Bertz CT molecular complexity index is 1050. The van der Waals surface area contributed by atoms with E-state index in [2.05, 4.69) is 10.5 Å². The van der Waals surface area contributed by atoms with Crippen molar-refractivity contribution in [2.45, 2.75) is 13.8 Å². The number of benzene rings is 2. The number of hydrogen-bond donors (Lipinski definition) is 1. The highest BCUT2D eigenvalue weighted by Gasteiger charge is 2.07. The van der Waals surface area contributed by atoms with Crippen LogP contribution in [0.4, 0.5) is 5.69 Å². The third-order valence-corrected chi connectivity index (χ3v) is 4.21. The second-order valence-corrected chi connectivity index (χ2v) is 6.43. The van der Waals surface area contributed by atoms with Crippen LogP contribution in [0.3, 0.4) is 0 Å². The molecule has 0 spiro atoms. The Morgan fingerprint density at radius 1 is 1.21 bits per heavy atom. The third kappa shape index (κ3) is 5.07. The molecule has 148 valence electrons. The highest BCUT2D eigenvalue weighted by atomic mass is 16.6. The van der Waals surface area contributed by atoms with E-state index in [9.17, 15) is 14.9 Å². The monoisotopic (exact) mass is 392 g/mol. The molecule has 0 aliphatic carbocycles. The van der Waals surface area contributed by atoms with Gasteiger partial charge in [0.15, 0.2) is 6.61 Å². The van der Waals surface area contributed by atoms with E-state index in [1.165, 1.54) is 18.3 Å². The second kappa shape index (κ2) is 8.83. The van der Waals surface area contributed by atoms with Crippen LogP contribution >= 0.6 is 0 Å². The zero-order valence-electron chi connectivity index (χ0n) is 16.0. The van der Waals surface area contributed by atoms with Gasteiger partial charge in [-0.2, -0.15) is 5.10 Å². The first-order valence-corrected chi connectivity index (χ1v) is 8.88. The highest BCUT2D eigenvalue weighted by Crippen LogP contribution is 2.19. The number of nitro benzene ring substituents is 1. The first-order chi connectivity index (χ1) is 13.9. The molecule has 1 amide bonds. The standard InChI is InChI=1S/C21H20N4O4/c1-15-5-6-16(2)20(12-15)29-14-21(26)23-22-13-19-4-3-11-24(19)17-7-9-18(10-8-17)25(27)28/h3-13H,14H2,1-2H3,(H,23,26). The number of amides is 1. The van der Waals surface area contributed by atoms with Crippen molar-refractivity contribution in [1.82, 2.24) is 9.99 Å². The molecule has 0 saturated carbocycles. The number of rotatable bonds is 7. The highest BCUT2D eigenvalue weighted by molar-refractivity contribution is 5.82. The van der Waals surface area contributed by atoms with Crippen LogP contribution in [0.25, 0.3) is 5.69 Å². The summed E-state index contributed by atoms with van der Waals surface area (Å²) in [4.78, 5) is 22.3. The third-order valence-electron chi connectivity index (χ3n) is 4.21. The topological polar surface area (TPSA) is 98.8 Å².